The van der Waals surface area contributed by atoms with E-state index in [1.807, 2.05) is 6.92 Å². The molecule has 2 aliphatic carbocycles. The third kappa shape index (κ3) is 8.41. The Bertz CT molecular complexity index is 1730. The maximum atomic E-state index is 14.0. The van der Waals surface area contributed by atoms with Gasteiger partial charge in [0.2, 0.25) is 12.6 Å². The third-order valence-corrected chi connectivity index (χ3v) is 13.4. The number of allylic oxidation sites excluding steroid dienone is 1. The number of rotatable bonds is 14. The van der Waals surface area contributed by atoms with E-state index in [4.69, 9.17) is 42.6 Å². The van der Waals surface area contributed by atoms with Gasteiger partial charge in [-0.05, 0) is 58.4 Å². The van der Waals surface area contributed by atoms with Crippen LogP contribution in [0.2, 0.25) is 0 Å². The molecule has 9 N–H and O–H groups in total. The van der Waals surface area contributed by atoms with E-state index in [9.17, 15) is 55.5 Å². The summed E-state index contributed by atoms with van der Waals surface area (Å²) in [6, 6.07) is 0. The smallest absolute Gasteiger partial charge is 0.337 e. The Morgan fingerprint density at radius 2 is 1.57 bits per heavy atom. The minimum absolute atomic E-state index is 0.0514. The van der Waals surface area contributed by atoms with Crippen molar-refractivity contribution >= 4 is 11.9 Å². The lowest BCUT2D eigenvalue weighted by molar-refractivity contribution is -0.350. The number of hydrogen-bond acceptors (Lipinski definition) is 20. The van der Waals surface area contributed by atoms with Gasteiger partial charge in [-0.25, -0.2) is 9.59 Å². The third-order valence-electron chi connectivity index (χ3n) is 13.4. The van der Waals surface area contributed by atoms with Crippen molar-refractivity contribution < 1.29 is 98.2 Å². The maximum Gasteiger partial charge on any atom is 0.337 e. The van der Waals surface area contributed by atoms with Crippen molar-refractivity contribution in [1.82, 2.24) is 0 Å². The van der Waals surface area contributed by atoms with Crippen molar-refractivity contribution in [3.8, 4) is 0 Å². The molecule has 5 fully saturated rings. The lowest BCUT2D eigenvalue weighted by Crippen LogP contribution is -2.62. The minimum atomic E-state index is -1.95. The molecule has 0 spiro atoms. The van der Waals surface area contributed by atoms with Gasteiger partial charge in [0.25, 0.3) is 0 Å². The van der Waals surface area contributed by atoms with Crippen LogP contribution in [0, 0.1) is 23.7 Å². The summed E-state index contributed by atoms with van der Waals surface area (Å²) < 4.78 is 52.5. The summed E-state index contributed by atoms with van der Waals surface area (Å²) in [4.78, 5) is 26.9. The summed E-state index contributed by atoms with van der Waals surface area (Å²) in [7, 11) is 0. The summed E-state index contributed by atoms with van der Waals surface area (Å²) in [5.41, 5.74) is -3.97. The van der Waals surface area contributed by atoms with Crippen LogP contribution in [0.4, 0.5) is 0 Å². The monoisotopic (exact) mass is 870 g/mol. The van der Waals surface area contributed by atoms with Crippen molar-refractivity contribution in [2.45, 2.75) is 156 Å². The van der Waals surface area contributed by atoms with Crippen LogP contribution in [-0.4, -0.2) is 174 Å². The molecule has 0 amide bonds. The first-order valence-corrected chi connectivity index (χ1v) is 20.6. The fourth-order valence-electron chi connectivity index (χ4n) is 9.59. The van der Waals surface area contributed by atoms with Crippen LogP contribution in [0.25, 0.3) is 0 Å². The molecule has 5 heterocycles. The summed E-state index contributed by atoms with van der Waals surface area (Å²) in [5.74, 6) is -3.70. The molecule has 7 aliphatic rings. The van der Waals surface area contributed by atoms with Gasteiger partial charge in [0.05, 0.1) is 42.8 Å². The Hall–Kier alpha value is -3.06. The molecular weight excluding hydrogens is 812 g/mol. The zero-order valence-corrected chi connectivity index (χ0v) is 34.2. The van der Waals surface area contributed by atoms with Crippen LogP contribution in [0.3, 0.4) is 0 Å². The molecule has 21 atom stereocenters. The molecule has 20 heteroatoms. The number of aliphatic hydroxyl groups excluding tert-OH is 7. The first-order chi connectivity index (χ1) is 28.8. The summed E-state index contributed by atoms with van der Waals surface area (Å²) >= 11 is 0. The molecule has 0 aromatic rings. The van der Waals surface area contributed by atoms with Crippen molar-refractivity contribution in [3.63, 3.8) is 0 Å². The number of fused-ring (bicyclic) bond motifs is 4. The highest BCUT2D eigenvalue weighted by atomic mass is 16.8. The lowest BCUT2D eigenvalue weighted by Gasteiger charge is -2.46. The zero-order chi connectivity index (χ0) is 44.3. The molecule has 0 aromatic heterocycles. The van der Waals surface area contributed by atoms with Crippen LogP contribution in [0.15, 0.2) is 48.5 Å². The second-order valence-corrected chi connectivity index (χ2v) is 17.6. The van der Waals surface area contributed by atoms with Gasteiger partial charge in [0.1, 0.15) is 60.0 Å². The molecule has 342 valence electrons. The highest BCUT2D eigenvalue weighted by Crippen LogP contribution is 2.62. The van der Waals surface area contributed by atoms with Crippen molar-refractivity contribution in [3.05, 3.63) is 48.5 Å². The summed E-state index contributed by atoms with van der Waals surface area (Å²) in [6.45, 7) is 8.80. The first kappa shape index (κ1) is 45.9. The van der Waals surface area contributed by atoms with E-state index in [0.29, 0.717) is 19.3 Å². The number of carbonyl (C=O) groups excluding carboxylic acids is 2. The van der Waals surface area contributed by atoms with Gasteiger partial charge >= 0.3 is 11.9 Å². The summed E-state index contributed by atoms with van der Waals surface area (Å²) in [5, 5.41) is 95.5. The topological polar surface area (TPSA) is 303 Å². The van der Waals surface area contributed by atoms with E-state index in [-0.39, 0.29) is 23.5 Å². The molecule has 3 saturated heterocycles. The predicted molar refractivity (Wildman–Crippen MR) is 201 cm³/mol. The average molecular weight is 871 g/mol. The van der Waals surface area contributed by atoms with E-state index in [2.05, 4.69) is 6.58 Å². The van der Waals surface area contributed by atoms with Crippen LogP contribution in [-0.2, 0) is 52.2 Å². The number of carbonyl (C=O) groups is 2. The second-order valence-electron chi connectivity index (χ2n) is 17.6. The van der Waals surface area contributed by atoms with Crippen molar-refractivity contribution in [2.24, 2.45) is 23.7 Å². The summed E-state index contributed by atoms with van der Waals surface area (Å²) in [6.07, 6.45) is -12.1. The molecule has 5 aliphatic heterocycles. The first-order valence-electron chi connectivity index (χ1n) is 20.6. The van der Waals surface area contributed by atoms with Crippen molar-refractivity contribution in [2.75, 3.05) is 13.2 Å². The maximum absolute atomic E-state index is 14.0. The van der Waals surface area contributed by atoms with E-state index in [0.717, 1.165) is 6.26 Å². The largest absolute Gasteiger partial charge is 0.472 e. The Morgan fingerprint density at radius 1 is 0.918 bits per heavy atom. The van der Waals surface area contributed by atoms with E-state index < -0.39 is 146 Å². The van der Waals surface area contributed by atoms with Crippen LogP contribution < -0.4 is 0 Å². The molecule has 2 saturated carbocycles. The molecule has 21 unspecified atom stereocenters. The fraction of sp³-hybridized carbons (Fsp3) is 0.756. The number of ether oxygens (including phenoxy) is 9. The van der Waals surface area contributed by atoms with Gasteiger partial charge < -0.3 is 88.6 Å². The van der Waals surface area contributed by atoms with E-state index in [1.54, 1.807) is 13.8 Å². The molecule has 7 rings (SSSR count). The Kier molecular flexibility index (Phi) is 13.2. The normalized spacial score (nSPS) is 47.4. The molecule has 20 nitrogen and oxygen atoms in total. The highest BCUT2D eigenvalue weighted by molar-refractivity contribution is 5.89. The fourth-order valence-corrected chi connectivity index (χ4v) is 9.59. The van der Waals surface area contributed by atoms with Gasteiger partial charge in [-0.2, -0.15) is 0 Å². The standard InChI is InChI=1S/C41H58O20/c1-6-39(4,51)11-7-8-18(3)33(49)57-29-22(15-43)56-37(28(48)26(29)46)60-38-30-40(5)31(61-40)32(41(30,52)12-13-53-38)58-34(50)20-16-54-35(23-17(2)9-10-19(20)23)59-36-27(47)25(45)24(44)21(14-42)55-36/h6,8,12-13,16-17,19,21-32,35-38,42-48,51-52H,1,7,9-11,14-15H2,2-5H3/b18-8+. The van der Waals surface area contributed by atoms with Crippen LogP contribution >= 0.6 is 0 Å². The molecule has 0 radical (unpaired) electrons. The highest BCUT2D eigenvalue weighted by Gasteiger charge is 2.81. The van der Waals surface area contributed by atoms with Gasteiger partial charge in [-0.1, -0.05) is 19.1 Å². The zero-order valence-electron chi connectivity index (χ0n) is 34.2. The van der Waals surface area contributed by atoms with Crippen molar-refractivity contribution in [1.29, 1.82) is 0 Å². The van der Waals surface area contributed by atoms with Crippen LogP contribution in [0.5, 0.6) is 0 Å². The van der Waals surface area contributed by atoms with E-state index >= 15 is 0 Å². The van der Waals surface area contributed by atoms with Gasteiger partial charge in [0, 0.05) is 17.4 Å². The lowest BCUT2D eigenvalue weighted by atomic mass is 9.82. The molecule has 61 heavy (non-hydrogen) atoms. The van der Waals surface area contributed by atoms with Gasteiger partial charge in [-0.15, -0.1) is 6.58 Å². The number of hydrogen-bond donors (Lipinski definition) is 9. The minimum Gasteiger partial charge on any atom is -0.472 e. The van der Waals surface area contributed by atoms with Gasteiger partial charge in [-0.3, -0.25) is 0 Å². The average Bonchev–Trinajstić information content (AvgIpc) is 3.67. The van der Waals surface area contributed by atoms with E-state index in [1.165, 1.54) is 31.4 Å². The molecule has 0 aromatic carbocycles. The molecule has 0 bridgehead atoms. The Morgan fingerprint density at radius 3 is 2.25 bits per heavy atom. The van der Waals surface area contributed by atoms with Gasteiger partial charge in [0.15, 0.2) is 24.8 Å². The Labute approximate surface area is 351 Å². The number of epoxide rings is 1. The molecular formula is C41H58O20. The quantitative estimate of drug-likeness (QED) is 0.0396. The number of aliphatic hydroxyl groups is 9. The Balaban J connectivity index is 1.01. The second kappa shape index (κ2) is 17.5. The predicted octanol–water partition coefficient (Wildman–Crippen LogP) is -1.96. The SMILES string of the molecule is C=CC(C)(O)CC/C=C(\C)C(=O)OC1C(CO)OC(OC2OC=CC3(O)C(OC(=O)C4=COC(OC5OC(CO)C(O)C(O)C5O)C5C(C)CCC45)C4OC4(C)C23)C(O)C1O. The number of esters is 2. The van der Waals surface area contributed by atoms with Crippen LogP contribution in [0.1, 0.15) is 53.4 Å².